The molecule has 0 amide bonds. The monoisotopic (exact) mass is 324 g/mol. The fourth-order valence-corrected chi connectivity index (χ4v) is 2.74. The summed E-state index contributed by atoms with van der Waals surface area (Å²) in [7, 11) is 0. The molecule has 120 valence electrons. The topological polar surface area (TPSA) is 51.6 Å². The van der Waals surface area contributed by atoms with Crippen LogP contribution < -0.4 is 0 Å². The molecule has 0 radical (unpaired) electrons. The number of hydrogen-bond acceptors (Lipinski definition) is 4. The molecule has 0 unspecified atom stereocenters. The molecule has 4 rings (SSSR count). The van der Waals surface area contributed by atoms with Crippen molar-refractivity contribution in [2.75, 3.05) is 0 Å². The normalized spacial score (nSPS) is 10.6. The molecule has 4 nitrogen and oxygen atoms in total. The standard InChI is InChI=1S/C21H16N4/c1-2-8-24-19(3-1)13-16-14-20(17-4-9-22-10-5-17)25-21(15-16)18-6-11-23-12-7-18/h1-12,14-15H,13H2. The molecule has 4 aromatic heterocycles. The van der Waals surface area contributed by atoms with E-state index in [2.05, 4.69) is 27.1 Å². The Bertz CT molecular complexity index is 897. The molecule has 0 bridgehead atoms. The van der Waals surface area contributed by atoms with Crippen molar-refractivity contribution < 1.29 is 0 Å². The molecule has 0 aromatic carbocycles. The van der Waals surface area contributed by atoms with Crippen LogP contribution in [-0.4, -0.2) is 19.9 Å². The molecule has 0 saturated carbocycles. The summed E-state index contributed by atoms with van der Waals surface area (Å²) in [6.07, 6.45) is 9.73. The van der Waals surface area contributed by atoms with Crippen LogP contribution >= 0.6 is 0 Å². The Balaban J connectivity index is 1.80. The number of aromatic nitrogens is 4. The van der Waals surface area contributed by atoms with E-state index in [1.165, 1.54) is 5.56 Å². The van der Waals surface area contributed by atoms with Crippen molar-refractivity contribution in [3.63, 3.8) is 0 Å². The molecule has 0 atom stereocenters. The maximum atomic E-state index is 4.84. The second kappa shape index (κ2) is 7.01. The van der Waals surface area contributed by atoms with Gasteiger partial charge in [-0.05, 0) is 54.1 Å². The number of nitrogens with zero attached hydrogens (tertiary/aromatic N) is 4. The van der Waals surface area contributed by atoms with Gasteiger partial charge in [-0.1, -0.05) is 6.07 Å². The van der Waals surface area contributed by atoms with Crippen LogP contribution in [0.25, 0.3) is 22.5 Å². The summed E-state index contributed by atoms with van der Waals surface area (Å²) in [5, 5.41) is 0. The molecule has 0 N–H and O–H groups in total. The van der Waals surface area contributed by atoms with E-state index in [9.17, 15) is 0 Å². The fourth-order valence-electron chi connectivity index (χ4n) is 2.74. The predicted octanol–water partition coefficient (Wildman–Crippen LogP) is 4.19. The van der Waals surface area contributed by atoms with Gasteiger partial charge in [0.05, 0.1) is 11.4 Å². The molecule has 25 heavy (non-hydrogen) atoms. The third kappa shape index (κ3) is 3.58. The highest BCUT2D eigenvalue weighted by atomic mass is 14.7. The van der Waals surface area contributed by atoms with Gasteiger partial charge in [0.15, 0.2) is 0 Å². The van der Waals surface area contributed by atoms with Crippen LogP contribution in [0, 0.1) is 0 Å². The van der Waals surface area contributed by atoms with E-state index in [1.807, 2.05) is 48.7 Å². The third-order valence-electron chi connectivity index (χ3n) is 3.95. The molecular formula is C21H16N4. The SMILES string of the molecule is c1ccc(Cc2cc(-c3ccncc3)nc(-c3ccncc3)c2)nc1. The van der Waals surface area contributed by atoms with Crippen molar-refractivity contribution in [1.82, 2.24) is 19.9 Å². The van der Waals surface area contributed by atoms with E-state index in [0.717, 1.165) is 34.6 Å². The van der Waals surface area contributed by atoms with Crippen molar-refractivity contribution >= 4 is 0 Å². The second-order valence-electron chi connectivity index (χ2n) is 5.72. The minimum absolute atomic E-state index is 0.763. The number of pyridine rings is 4. The maximum absolute atomic E-state index is 4.84. The zero-order valence-electron chi connectivity index (χ0n) is 13.6. The Labute approximate surface area is 146 Å². The van der Waals surface area contributed by atoms with Gasteiger partial charge in [0.1, 0.15) is 0 Å². The predicted molar refractivity (Wildman–Crippen MR) is 97.7 cm³/mol. The number of hydrogen-bond donors (Lipinski definition) is 0. The first-order valence-corrected chi connectivity index (χ1v) is 8.10. The Morgan fingerprint density at radius 3 is 1.76 bits per heavy atom. The van der Waals surface area contributed by atoms with Gasteiger partial charge in [0.25, 0.3) is 0 Å². The van der Waals surface area contributed by atoms with E-state index < -0.39 is 0 Å². The van der Waals surface area contributed by atoms with Gasteiger partial charge in [0.2, 0.25) is 0 Å². The zero-order valence-corrected chi connectivity index (χ0v) is 13.6. The molecule has 0 aliphatic heterocycles. The summed E-state index contributed by atoms with van der Waals surface area (Å²) in [6, 6.07) is 18.1. The molecule has 4 aromatic rings. The van der Waals surface area contributed by atoms with Gasteiger partial charge in [-0.3, -0.25) is 15.0 Å². The Hall–Kier alpha value is -3.40. The van der Waals surface area contributed by atoms with E-state index >= 15 is 0 Å². The van der Waals surface area contributed by atoms with Gasteiger partial charge < -0.3 is 0 Å². The number of rotatable bonds is 4. The van der Waals surface area contributed by atoms with Crippen LogP contribution in [0.1, 0.15) is 11.3 Å². The average molecular weight is 324 g/mol. The third-order valence-corrected chi connectivity index (χ3v) is 3.95. The average Bonchev–Trinajstić information content (AvgIpc) is 2.70. The van der Waals surface area contributed by atoms with Gasteiger partial charge in [-0.15, -0.1) is 0 Å². The molecular weight excluding hydrogens is 308 g/mol. The van der Waals surface area contributed by atoms with Crippen LogP contribution in [0.5, 0.6) is 0 Å². The van der Waals surface area contributed by atoms with Crippen molar-refractivity contribution in [2.24, 2.45) is 0 Å². The highest BCUT2D eigenvalue weighted by Crippen LogP contribution is 2.25. The van der Waals surface area contributed by atoms with Gasteiger partial charge >= 0.3 is 0 Å². The summed E-state index contributed by atoms with van der Waals surface area (Å²) in [4.78, 5) is 17.5. The summed E-state index contributed by atoms with van der Waals surface area (Å²) in [5.41, 5.74) is 6.18. The Morgan fingerprint density at radius 2 is 1.24 bits per heavy atom. The van der Waals surface area contributed by atoms with Crippen molar-refractivity contribution in [3.8, 4) is 22.5 Å². The van der Waals surface area contributed by atoms with E-state index in [0.29, 0.717) is 0 Å². The van der Waals surface area contributed by atoms with Crippen LogP contribution in [-0.2, 0) is 6.42 Å². The highest BCUT2D eigenvalue weighted by molar-refractivity contribution is 5.67. The first-order valence-electron chi connectivity index (χ1n) is 8.10. The summed E-state index contributed by atoms with van der Waals surface area (Å²) >= 11 is 0. The molecule has 4 heteroatoms. The van der Waals surface area contributed by atoms with Gasteiger partial charge in [-0.25, -0.2) is 4.98 Å². The van der Waals surface area contributed by atoms with Crippen molar-refractivity contribution in [1.29, 1.82) is 0 Å². The van der Waals surface area contributed by atoms with E-state index in [-0.39, 0.29) is 0 Å². The summed E-state index contributed by atoms with van der Waals surface area (Å²) in [6.45, 7) is 0. The quantitative estimate of drug-likeness (QED) is 0.565. The smallest absolute Gasteiger partial charge is 0.0713 e. The zero-order chi connectivity index (χ0) is 16.9. The van der Waals surface area contributed by atoms with Gasteiger partial charge in [0, 0.05) is 54.2 Å². The Morgan fingerprint density at radius 1 is 0.640 bits per heavy atom. The lowest BCUT2D eigenvalue weighted by molar-refractivity contribution is 1.07. The lowest BCUT2D eigenvalue weighted by Gasteiger charge is -2.09. The summed E-state index contributed by atoms with van der Waals surface area (Å²) < 4.78 is 0. The molecule has 0 spiro atoms. The molecule has 4 heterocycles. The van der Waals surface area contributed by atoms with E-state index in [1.54, 1.807) is 24.8 Å². The van der Waals surface area contributed by atoms with Gasteiger partial charge in [-0.2, -0.15) is 0 Å². The fraction of sp³-hybridized carbons (Fsp3) is 0.0476. The van der Waals surface area contributed by atoms with Crippen LogP contribution in [0.4, 0.5) is 0 Å². The summed E-state index contributed by atoms with van der Waals surface area (Å²) in [5.74, 6) is 0. The highest BCUT2D eigenvalue weighted by Gasteiger charge is 2.08. The van der Waals surface area contributed by atoms with Crippen molar-refractivity contribution in [3.05, 3.63) is 96.8 Å². The minimum Gasteiger partial charge on any atom is -0.265 e. The van der Waals surface area contributed by atoms with Crippen LogP contribution in [0.3, 0.4) is 0 Å². The molecule has 0 aliphatic carbocycles. The van der Waals surface area contributed by atoms with E-state index in [4.69, 9.17) is 4.98 Å². The first kappa shape index (κ1) is 15.1. The largest absolute Gasteiger partial charge is 0.265 e. The van der Waals surface area contributed by atoms with Crippen LogP contribution in [0.15, 0.2) is 85.6 Å². The second-order valence-corrected chi connectivity index (χ2v) is 5.72. The minimum atomic E-state index is 0.763. The molecule has 0 fully saturated rings. The first-order chi connectivity index (χ1) is 12.4. The lowest BCUT2D eigenvalue weighted by Crippen LogP contribution is -1.96. The van der Waals surface area contributed by atoms with Crippen molar-refractivity contribution in [2.45, 2.75) is 6.42 Å². The molecule has 0 aliphatic rings. The molecule has 0 saturated heterocycles. The lowest BCUT2D eigenvalue weighted by atomic mass is 10.0. The Kier molecular flexibility index (Phi) is 4.25. The maximum Gasteiger partial charge on any atom is 0.0713 e. The van der Waals surface area contributed by atoms with Crippen LogP contribution in [0.2, 0.25) is 0 Å².